The summed E-state index contributed by atoms with van der Waals surface area (Å²) >= 11 is 0. The second-order valence-electron chi connectivity index (χ2n) is 5.81. The molecule has 22 heavy (non-hydrogen) atoms. The summed E-state index contributed by atoms with van der Waals surface area (Å²) in [6, 6.07) is 0. The van der Waals surface area contributed by atoms with Gasteiger partial charge in [-0.1, -0.05) is 6.92 Å². The molecule has 6 nitrogen and oxygen atoms in total. The zero-order chi connectivity index (χ0) is 16.0. The van der Waals surface area contributed by atoms with E-state index in [1.165, 1.54) is 0 Å². The fourth-order valence-electron chi connectivity index (χ4n) is 2.29. The van der Waals surface area contributed by atoms with E-state index in [0.29, 0.717) is 5.92 Å². The van der Waals surface area contributed by atoms with Crippen LogP contribution in [0.3, 0.4) is 0 Å². The van der Waals surface area contributed by atoms with Gasteiger partial charge in [0, 0.05) is 53.1 Å². The molecule has 1 fully saturated rings. The van der Waals surface area contributed by atoms with Crippen LogP contribution in [-0.4, -0.2) is 77.6 Å². The number of hydrogen-bond donors (Lipinski definition) is 2. The van der Waals surface area contributed by atoms with Gasteiger partial charge >= 0.3 is 0 Å². The molecule has 1 saturated heterocycles. The molecule has 130 valence electrons. The highest BCUT2D eigenvalue weighted by Crippen LogP contribution is 2.14. The number of rotatable bonds is 10. The standard InChI is InChI=1S/C16H34N4O2/c1-4-20(3)10-9-19-16(17-2)18-8-5-11-22-14-15-6-12-21-13-7-15/h15H,4-14H2,1-3H3,(H2,17,18,19). The largest absolute Gasteiger partial charge is 0.381 e. The van der Waals surface area contributed by atoms with Crippen LogP contribution in [0.2, 0.25) is 0 Å². The van der Waals surface area contributed by atoms with Crippen molar-refractivity contribution in [1.29, 1.82) is 0 Å². The molecule has 0 spiro atoms. The lowest BCUT2D eigenvalue weighted by Gasteiger charge is -2.21. The number of nitrogens with one attached hydrogen (secondary N) is 2. The van der Waals surface area contributed by atoms with Gasteiger partial charge < -0.3 is 25.0 Å². The summed E-state index contributed by atoms with van der Waals surface area (Å²) < 4.78 is 11.1. The van der Waals surface area contributed by atoms with Crippen molar-refractivity contribution in [3.05, 3.63) is 0 Å². The van der Waals surface area contributed by atoms with Gasteiger partial charge in [-0.15, -0.1) is 0 Å². The Balaban J connectivity index is 1.95. The minimum Gasteiger partial charge on any atom is -0.381 e. The van der Waals surface area contributed by atoms with Crippen LogP contribution >= 0.6 is 0 Å². The summed E-state index contributed by atoms with van der Waals surface area (Å²) in [4.78, 5) is 6.49. The molecule has 0 aromatic rings. The third kappa shape index (κ3) is 9.23. The number of aliphatic imine (C=N–C) groups is 1. The lowest BCUT2D eigenvalue weighted by Crippen LogP contribution is -2.41. The predicted molar refractivity (Wildman–Crippen MR) is 91.5 cm³/mol. The summed E-state index contributed by atoms with van der Waals surface area (Å²) in [5.41, 5.74) is 0. The molecule has 0 unspecified atom stereocenters. The molecule has 0 amide bonds. The second-order valence-corrected chi connectivity index (χ2v) is 5.81. The second kappa shape index (κ2) is 12.7. The summed E-state index contributed by atoms with van der Waals surface area (Å²) in [7, 11) is 3.92. The fourth-order valence-corrected chi connectivity index (χ4v) is 2.29. The number of nitrogens with zero attached hydrogens (tertiary/aromatic N) is 2. The number of ether oxygens (including phenoxy) is 2. The first kappa shape index (κ1) is 19.2. The average molecular weight is 314 g/mol. The van der Waals surface area contributed by atoms with Gasteiger partial charge in [0.05, 0.1) is 0 Å². The Hall–Kier alpha value is -0.850. The van der Waals surface area contributed by atoms with E-state index < -0.39 is 0 Å². The molecule has 0 aliphatic carbocycles. The number of likely N-dealkylation sites (N-methyl/N-ethyl adjacent to an activating group) is 1. The Bertz CT molecular complexity index is 294. The minimum absolute atomic E-state index is 0.687. The Morgan fingerprint density at radius 1 is 1.27 bits per heavy atom. The van der Waals surface area contributed by atoms with E-state index in [0.717, 1.165) is 77.8 Å². The van der Waals surface area contributed by atoms with Crippen LogP contribution in [0.1, 0.15) is 26.2 Å². The highest BCUT2D eigenvalue weighted by atomic mass is 16.5. The molecule has 1 aliphatic rings. The molecule has 0 aromatic heterocycles. The Morgan fingerprint density at radius 3 is 2.68 bits per heavy atom. The van der Waals surface area contributed by atoms with E-state index in [2.05, 4.69) is 34.5 Å². The molecule has 0 saturated carbocycles. The van der Waals surface area contributed by atoms with E-state index in [9.17, 15) is 0 Å². The monoisotopic (exact) mass is 314 g/mol. The van der Waals surface area contributed by atoms with Crippen molar-refractivity contribution < 1.29 is 9.47 Å². The first-order chi connectivity index (χ1) is 10.8. The fraction of sp³-hybridized carbons (Fsp3) is 0.938. The van der Waals surface area contributed by atoms with E-state index in [-0.39, 0.29) is 0 Å². The van der Waals surface area contributed by atoms with Crippen LogP contribution in [-0.2, 0) is 9.47 Å². The third-order valence-corrected chi connectivity index (χ3v) is 4.00. The van der Waals surface area contributed by atoms with Gasteiger partial charge in [0.15, 0.2) is 5.96 Å². The lowest BCUT2D eigenvalue weighted by atomic mass is 10.0. The topological polar surface area (TPSA) is 58.1 Å². The molecule has 6 heteroatoms. The van der Waals surface area contributed by atoms with Gasteiger partial charge in [0.1, 0.15) is 0 Å². The first-order valence-electron chi connectivity index (χ1n) is 8.54. The summed E-state index contributed by atoms with van der Waals surface area (Å²) in [5, 5.41) is 6.64. The zero-order valence-electron chi connectivity index (χ0n) is 14.6. The Morgan fingerprint density at radius 2 is 2.00 bits per heavy atom. The summed E-state index contributed by atoms with van der Waals surface area (Å²) in [6.45, 7) is 9.51. The number of hydrogen-bond acceptors (Lipinski definition) is 4. The summed E-state index contributed by atoms with van der Waals surface area (Å²) in [5.74, 6) is 1.56. The van der Waals surface area contributed by atoms with Gasteiger partial charge in [-0.2, -0.15) is 0 Å². The maximum absolute atomic E-state index is 5.75. The first-order valence-corrected chi connectivity index (χ1v) is 8.54. The quantitative estimate of drug-likeness (QED) is 0.357. The van der Waals surface area contributed by atoms with Gasteiger partial charge in [-0.05, 0) is 38.8 Å². The van der Waals surface area contributed by atoms with Gasteiger partial charge in [-0.3, -0.25) is 4.99 Å². The van der Waals surface area contributed by atoms with E-state index in [1.54, 1.807) is 7.05 Å². The van der Waals surface area contributed by atoms with Crippen molar-refractivity contribution in [2.45, 2.75) is 26.2 Å². The van der Waals surface area contributed by atoms with Crippen LogP contribution in [0.5, 0.6) is 0 Å². The van der Waals surface area contributed by atoms with Crippen molar-refractivity contribution in [2.24, 2.45) is 10.9 Å². The molecule has 0 radical (unpaired) electrons. The smallest absolute Gasteiger partial charge is 0.191 e. The molecular weight excluding hydrogens is 280 g/mol. The SMILES string of the molecule is CCN(C)CCNC(=NC)NCCCOCC1CCOCC1. The van der Waals surface area contributed by atoms with Crippen molar-refractivity contribution in [1.82, 2.24) is 15.5 Å². The van der Waals surface area contributed by atoms with Crippen LogP contribution in [0.4, 0.5) is 0 Å². The number of guanidine groups is 1. The van der Waals surface area contributed by atoms with E-state index in [4.69, 9.17) is 9.47 Å². The molecule has 2 N–H and O–H groups in total. The van der Waals surface area contributed by atoms with Crippen LogP contribution < -0.4 is 10.6 Å². The normalized spacial score (nSPS) is 17.0. The third-order valence-electron chi connectivity index (χ3n) is 4.00. The average Bonchev–Trinajstić information content (AvgIpc) is 2.56. The Kier molecular flexibility index (Phi) is 11.1. The van der Waals surface area contributed by atoms with Crippen LogP contribution in [0.25, 0.3) is 0 Å². The van der Waals surface area contributed by atoms with E-state index >= 15 is 0 Å². The van der Waals surface area contributed by atoms with Gasteiger partial charge in [0.2, 0.25) is 0 Å². The van der Waals surface area contributed by atoms with Crippen molar-refractivity contribution >= 4 is 5.96 Å². The molecule has 0 bridgehead atoms. The molecule has 1 heterocycles. The van der Waals surface area contributed by atoms with Crippen molar-refractivity contribution in [2.75, 3.05) is 66.7 Å². The predicted octanol–water partition coefficient (Wildman–Crippen LogP) is 0.936. The van der Waals surface area contributed by atoms with Crippen LogP contribution in [0, 0.1) is 5.92 Å². The zero-order valence-corrected chi connectivity index (χ0v) is 14.6. The maximum Gasteiger partial charge on any atom is 0.191 e. The van der Waals surface area contributed by atoms with E-state index in [1.807, 2.05) is 0 Å². The highest BCUT2D eigenvalue weighted by molar-refractivity contribution is 5.79. The van der Waals surface area contributed by atoms with Gasteiger partial charge in [-0.25, -0.2) is 0 Å². The molecule has 1 aliphatic heterocycles. The lowest BCUT2D eigenvalue weighted by molar-refractivity contribution is 0.0203. The minimum atomic E-state index is 0.687. The maximum atomic E-state index is 5.75. The molecule has 1 rings (SSSR count). The van der Waals surface area contributed by atoms with Crippen molar-refractivity contribution in [3.8, 4) is 0 Å². The highest BCUT2D eigenvalue weighted by Gasteiger charge is 2.13. The van der Waals surface area contributed by atoms with Gasteiger partial charge in [0.25, 0.3) is 0 Å². The molecule has 0 atom stereocenters. The summed E-state index contributed by atoms with van der Waals surface area (Å²) in [6.07, 6.45) is 3.28. The van der Waals surface area contributed by atoms with Crippen LogP contribution in [0.15, 0.2) is 4.99 Å². The molecular formula is C16H34N4O2. The molecule has 0 aromatic carbocycles. The van der Waals surface area contributed by atoms with Crippen molar-refractivity contribution in [3.63, 3.8) is 0 Å². The Labute approximate surface area is 135 Å².